The first-order valence-electron chi connectivity index (χ1n) is 5.14. The van der Waals surface area contributed by atoms with Crippen molar-refractivity contribution >= 4 is 11.6 Å². The van der Waals surface area contributed by atoms with Crippen LogP contribution in [0.5, 0.6) is 0 Å². The molecule has 0 bridgehead atoms. The highest BCUT2D eigenvalue weighted by Crippen LogP contribution is 2.13. The highest BCUT2D eigenvalue weighted by molar-refractivity contribution is 5.92. The summed E-state index contributed by atoms with van der Waals surface area (Å²) in [5.74, 6) is 0.311. The van der Waals surface area contributed by atoms with E-state index in [0.717, 1.165) is 0 Å². The number of carbonyl (C=O) groups is 1. The first kappa shape index (κ1) is 11.8. The molecule has 94 valence electrons. The van der Waals surface area contributed by atoms with Crippen molar-refractivity contribution in [1.82, 2.24) is 19.9 Å². The molecule has 2 N–H and O–H groups in total. The van der Waals surface area contributed by atoms with Gasteiger partial charge in [-0.1, -0.05) is 0 Å². The van der Waals surface area contributed by atoms with Crippen LogP contribution in [0.15, 0.2) is 24.7 Å². The van der Waals surface area contributed by atoms with Gasteiger partial charge in [0.05, 0.1) is 17.7 Å². The number of hydrogen-bond donors (Lipinski definition) is 2. The van der Waals surface area contributed by atoms with Gasteiger partial charge in [-0.2, -0.15) is 0 Å². The SMILES string of the molecule is CN(Cc1ncc[nH]1)C(=O)c1cc([N+](=O)[O-])c[nH]1. The van der Waals surface area contributed by atoms with Crippen LogP contribution >= 0.6 is 0 Å². The molecule has 8 nitrogen and oxygen atoms in total. The van der Waals surface area contributed by atoms with Crippen LogP contribution < -0.4 is 0 Å². The van der Waals surface area contributed by atoms with E-state index in [2.05, 4.69) is 15.0 Å². The van der Waals surface area contributed by atoms with Gasteiger partial charge in [0.25, 0.3) is 11.6 Å². The van der Waals surface area contributed by atoms with E-state index >= 15 is 0 Å². The van der Waals surface area contributed by atoms with Crippen molar-refractivity contribution < 1.29 is 9.72 Å². The molecule has 0 unspecified atom stereocenters. The second kappa shape index (κ2) is 4.70. The van der Waals surface area contributed by atoms with Crippen molar-refractivity contribution in [2.75, 3.05) is 7.05 Å². The number of aromatic nitrogens is 3. The Morgan fingerprint density at radius 3 is 2.89 bits per heavy atom. The average molecular weight is 249 g/mol. The molecule has 0 atom stereocenters. The molecule has 2 rings (SSSR count). The Labute approximate surface area is 102 Å². The standard InChI is InChI=1S/C10H11N5O3/c1-14(6-9-11-2-3-12-9)10(16)8-4-7(5-13-8)15(17)18/h2-5,13H,6H2,1H3,(H,11,12). The monoisotopic (exact) mass is 249 g/mol. The van der Waals surface area contributed by atoms with E-state index < -0.39 is 4.92 Å². The quantitative estimate of drug-likeness (QED) is 0.620. The number of nitro groups is 1. The predicted molar refractivity (Wildman–Crippen MR) is 61.8 cm³/mol. The van der Waals surface area contributed by atoms with Gasteiger partial charge in [0, 0.05) is 25.5 Å². The zero-order chi connectivity index (χ0) is 13.1. The number of hydrogen-bond acceptors (Lipinski definition) is 4. The third-order valence-corrected chi connectivity index (χ3v) is 2.40. The summed E-state index contributed by atoms with van der Waals surface area (Å²) in [4.78, 5) is 32.8. The van der Waals surface area contributed by atoms with Gasteiger partial charge < -0.3 is 14.9 Å². The molecule has 8 heteroatoms. The molecule has 0 saturated heterocycles. The fourth-order valence-electron chi connectivity index (χ4n) is 1.50. The molecule has 0 aliphatic rings. The number of imidazole rings is 1. The summed E-state index contributed by atoms with van der Waals surface area (Å²) in [6.45, 7) is 0.304. The van der Waals surface area contributed by atoms with Crippen molar-refractivity contribution in [3.63, 3.8) is 0 Å². The lowest BCUT2D eigenvalue weighted by atomic mass is 10.3. The van der Waals surface area contributed by atoms with E-state index in [1.165, 1.54) is 17.2 Å². The van der Waals surface area contributed by atoms with Crippen LogP contribution in [0.4, 0.5) is 5.69 Å². The lowest BCUT2D eigenvalue weighted by Crippen LogP contribution is -2.26. The molecule has 0 fully saturated rings. The third-order valence-electron chi connectivity index (χ3n) is 2.40. The topological polar surface area (TPSA) is 108 Å². The summed E-state index contributed by atoms with van der Waals surface area (Å²) < 4.78 is 0. The minimum Gasteiger partial charge on any atom is -0.351 e. The Morgan fingerprint density at radius 2 is 2.33 bits per heavy atom. The number of nitrogens with zero attached hydrogens (tertiary/aromatic N) is 3. The first-order valence-corrected chi connectivity index (χ1v) is 5.14. The highest BCUT2D eigenvalue weighted by atomic mass is 16.6. The maximum absolute atomic E-state index is 11.9. The van der Waals surface area contributed by atoms with Crippen LogP contribution in [0.25, 0.3) is 0 Å². The average Bonchev–Trinajstić information content (AvgIpc) is 2.98. The van der Waals surface area contributed by atoms with Crippen LogP contribution in [0, 0.1) is 10.1 Å². The molecule has 2 aromatic rings. The maximum Gasteiger partial charge on any atom is 0.287 e. The van der Waals surface area contributed by atoms with Gasteiger partial charge in [0.15, 0.2) is 0 Å². The minimum atomic E-state index is -0.556. The number of carbonyl (C=O) groups excluding carboxylic acids is 1. The number of aromatic amines is 2. The van der Waals surface area contributed by atoms with Crippen molar-refractivity contribution in [1.29, 1.82) is 0 Å². The van der Waals surface area contributed by atoms with Crippen molar-refractivity contribution in [3.05, 3.63) is 46.3 Å². The van der Waals surface area contributed by atoms with Crippen LogP contribution in [0.1, 0.15) is 16.3 Å². The molecule has 0 saturated carbocycles. The molecule has 0 spiro atoms. The summed E-state index contributed by atoms with van der Waals surface area (Å²) in [7, 11) is 1.59. The second-order valence-electron chi connectivity index (χ2n) is 3.73. The molecule has 0 aliphatic heterocycles. The molecular formula is C10H11N5O3. The van der Waals surface area contributed by atoms with E-state index in [-0.39, 0.29) is 17.3 Å². The summed E-state index contributed by atoms with van der Waals surface area (Å²) >= 11 is 0. The Hall–Kier alpha value is -2.64. The van der Waals surface area contributed by atoms with Crippen molar-refractivity contribution in [2.45, 2.75) is 6.54 Å². The van der Waals surface area contributed by atoms with Gasteiger partial charge in [-0.05, 0) is 0 Å². The summed E-state index contributed by atoms with van der Waals surface area (Å²) in [6, 6.07) is 1.21. The van der Waals surface area contributed by atoms with Gasteiger partial charge in [0.2, 0.25) is 0 Å². The molecule has 18 heavy (non-hydrogen) atoms. The van der Waals surface area contributed by atoms with Gasteiger partial charge in [0.1, 0.15) is 11.5 Å². The molecular weight excluding hydrogens is 238 g/mol. The minimum absolute atomic E-state index is 0.134. The zero-order valence-electron chi connectivity index (χ0n) is 9.58. The number of amides is 1. The van der Waals surface area contributed by atoms with Gasteiger partial charge in [-0.15, -0.1) is 0 Å². The Morgan fingerprint density at radius 1 is 1.56 bits per heavy atom. The Bertz CT molecular complexity index is 560. The van der Waals surface area contributed by atoms with Gasteiger partial charge >= 0.3 is 0 Å². The Kier molecular flexibility index (Phi) is 3.09. The van der Waals surface area contributed by atoms with Crippen LogP contribution in [0.2, 0.25) is 0 Å². The summed E-state index contributed by atoms with van der Waals surface area (Å²) in [5, 5.41) is 10.5. The zero-order valence-corrected chi connectivity index (χ0v) is 9.58. The van der Waals surface area contributed by atoms with Crippen molar-refractivity contribution in [2.24, 2.45) is 0 Å². The van der Waals surface area contributed by atoms with E-state index in [0.29, 0.717) is 12.4 Å². The highest BCUT2D eigenvalue weighted by Gasteiger charge is 2.18. The predicted octanol–water partition coefficient (Wildman–Crippen LogP) is 0.918. The summed E-state index contributed by atoms with van der Waals surface area (Å²) in [6.07, 6.45) is 4.44. The smallest absolute Gasteiger partial charge is 0.287 e. The second-order valence-corrected chi connectivity index (χ2v) is 3.73. The van der Waals surface area contributed by atoms with Crippen LogP contribution in [0.3, 0.4) is 0 Å². The molecule has 0 aromatic carbocycles. The normalized spacial score (nSPS) is 10.3. The van der Waals surface area contributed by atoms with Gasteiger partial charge in [-0.3, -0.25) is 14.9 Å². The summed E-state index contributed by atoms with van der Waals surface area (Å²) in [5.41, 5.74) is 0.0421. The number of nitrogens with one attached hydrogen (secondary N) is 2. The molecule has 2 aromatic heterocycles. The van der Waals surface area contributed by atoms with E-state index in [1.54, 1.807) is 19.4 Å². The molecule has 0 radical (unpaired) electrons. The fourth-order valence-corrected chi connectivity index (χ4v) is 1.50. The number of H-pyrrole nitrogens is 2. The van der Waals surface area contributed by atoms with E-state index in [4.69, 9.17) is 0 Å². The number of rotatable bonds is 4. The van der Waals surface area contributed by atoms with Crippen molar-refractivity contribution in [3.8, 4) is 0 Å². The van der Waals surface area contributed by atoms with Gasteiger partial charge in [-0.25, -0.2) is 4.98 Å². The lowest BCUT2D eigenvalue weighted by molar-refractivity contribution is -0.384. The fraction of sp³-hybridized carbons (Fsp3) is 0.200. The van der Waals surface area contributed by atoms with E-state index in [9.17, 15) is 14.9 Å². The largest absolute Gasteiger partial charge is 0.351 e. The van der Waals surface area contributed by atoms with Crippen LogP contribution in [-0.2, 0) is 6.54 Å². The lowest BCUT2D eigenvalue weighted by Gasteiger charge is -2.14. The third kappa shape index (κ3) is 2.37. The molecule has 1 amide bonds. The van der Waals surface area contributed by atoms with Crippen LogP contribution in [-0.4, -0.2) is 37.7 Å². The maximum atomic E-state index is 11.9. The Balaban J connectivity index is 2.08. The molecule has 0 aliphatic carbocycles. The van der Waals surface area contributed by atoms with E-state index in [1.807, 2.05) is 0 Å². The first-order chi connectivity index (χ1) is 8.58. The molecule has 2 heterocycles.